The molecule has 2 aromatic rings. The molecule has 0 aliphatic heterocycles. The van der Waals surface area contributed by atoms with Gasteiger partial charge >= 0.3 is 0 Å². The molecule has 0 bridgehead atoms. The Morgan fingerprint density at radius 3 is 2.78 bits per heavy atom. The van der Waals surface area contributed by atoms with E-state index in [1.807, 2.05) is 23.7 Å². The van der Waals surface area contributed by atoms with Crippen LogP contribution < -0.4 is 5.73 Å². The maximum Gasteiger partial charge on any atom is 0.121 e. The molecule has 0 aliphatic carbocycles. The van der Waals surface area contributed by atoms with Crippen molar-refractivity contribution in [3.8, 4) is 0 Å². The molecule has 0 saturated heterocycles. The van der Waals surface area contributed by atoms with E-state index in [-0.39, 0.29) is 6.04 Å². The van der Waals surface area contributed by atoms with Gasteiger partial charge in [-0.15, -0.1) is 0 Å². The summed E-state index contributed by atoms with van der Waals surface area (Å²) in [6, 6.07) is 5.96. The SMILES string of the molecule is CCc1ccc(C(N)Cc2cc(C)nn2CC)o1. The van der Waals surface area contributed by atoms with Crippen LogP contribution >= 0.6 is 0 Å². The molecule has 98 valence electrons. The molecule has 1 unspecified atom stereocenters. The molecule has 2 aromatic heterocycles. The van der Waals surface area contributed by atoms with E-state index in [1.165, 1.54) is 0 Å². The van der Waals surface area contributed by atoms with Crippen molar-refractivity contribution >= 4 is 0 Å². The molecule has 0 aromatic carbocycles. The third-order valence-electron chi connectivity index (χ3n) is 3.11. The molecule has 2 heterocycles. The number of aromatic nitrogens is 2. The second-order valence-electron chi connectivity index (χ2n) is 4.56. The van der Waals surface area contributed by atoms with E-state index in [0.717, 1.165) is 42.3 Å². The van der Waals surface area contributed by atoms with Crippen molar-refractivity contribution in [2.24, 2.45) is 5.73 Å². The smallest absolute Gasteiger partial charge is 0.121 e. The van der Waals surface area contributed by atoms with Crippen LogP contribution in [0.25, 0.3) is 0 Å². The summed E-state index contributed by atoms with van der Waals surface area (Å²) in [5.74, 6) is 1.84. The lowest BCUT2D eigenvalue weighted by molar-refractivity contribution is 0.429. The highest BCUT2D eigenvalue weighted by Crippen LogP contribution is 2.19. The predicted molar refractivity (Wildman–Crippen MR) is 71.4 cm³/mol. The minimum Gasteiger partial charge on any atom is -0.464 e. The molecule has 4 nitrogen and oxygen atoms in total. The van der Waals surface area contributed by atoms with Gasteiger partial charge in [0.15, 0.2) is 0 Å². The normalized spacial score (nSPS) is 12.9. The van der Waals surface area contributed by atoms with Gasteiger partial charge in [-0.2, -0.15) is 5.10 Å². The molecule has 0 aliphatic rings. The Bertz CT molecular complexity index is 513. The number of furan rings is 1. The average Bonchev–Trinajstić information content (AvgIpc) is 2.95. The van der Waals surface area contributed by atoms with Gasteiger partial charge in [0.1, 0.15) is 11.5 Å². The Kier molecular flexibility index (Phi) is 3.87. The van der Waals surface area contributed by atoms with Gasteiger partial charge in [-0.3, -0.25) is 4.68 Å². The maximum atomic E-state index is 6.19. The third kappa shape index (κ3) is 2.64. The van der Waals surface area contributed by atoms with Gasteiger partial charge in [0.2, 0.25) is 0 Å². The summed E-state index contributed by atoms with van der Waals surface area (Å²) >= 11 is 0. The Morgan fingerprint density at radius 1 is 1.39 bits per heavy atom. The zero-order valence-corrected chi connectivity index (χ0v) is 11.3. The number of nitrogens with two attached hydrogens (primary N) is 1. The fourth-order valence-electron chi connectivity index (χ4n) is 2.15. The first-order valence-electron chi connectivity index (χ1n) is 6.51. The summed E-state index contributed by atoms with van der Waals surface area (Å²) in [6.45, 7) is 7.03. The second kappa shape index (κ2) is 5.40. The fourth-order valence-corrected chi connectivity index (χ4v) is 2.15. The van der Waals surface area contributed by atoms with E-state index in [0.29, 0.717) is 0 Å². The molecular formula is C14H21N3O. The van der Waals surface area contributed by atoms with E-state index >= 15 is 0 Å². The van der Waals surface area contributed by atoms with Crippen molar-refractivity contribution in [2.75, 3.05) is 0 Å². The summed E-state index contributed by atoms with van der Waals surface area (Å²) in [5.41, 5.74) is 8.39. The van der Waals surface area contributed by atoms with Crippen molar-refractivity contribution in [1.82, 2.24) is 9.78 Å². The highest BCUT2D eigenvalue weighted by Gasteiger charge is 2.14. The molecule has 0 spiro atoms. The standard InChI is InChI=1S/C14H21N3O/c1-4-12-6-7-14(18-12)13(15)9-11-8-10(3)16-17(11)5-2/h6-8,13H,4-5,9,15H2,1-3H3. The molecule has 0 fully saturated rings. The van der Waals surface area contributed by atoms with Crippen molar-refractivity contribution in [3.63, 3.8) is 0 Å². The van der Waals surface area contributed by atoms with Crippen LogP contribution in [0.1, 0.15) is 42.8 Å². The maximum absolute atomic E-state index is 6.19. The molecular weight excluding hydrogens is 226 g/mol. The van der Waals surface area contributed by atoms with Crippen molar-refractivity contribution in [2.45, 2.75) is 46.2 Å². The number of nitrogens with zero attached hydrogens (tertiary/aromatic N) is 2. The van der Waals surface area contributed by atoms with E-state index in [1.54, 1.807) is 0 Å². The van der Waals surface area contributed by atoms with Crippen LogP contribution in [-0.4, -0.2) is 9.78 Å². The summed E-state index contributed by atoms with van der Waals surface area (Å²) in [7, 11) is 0. The summed E-state index contributed by atoms with van der Waals surface area (Å²) < 4.78 is 7.69. The quantitative estimate of drug-likeness (QED) is 0.883. The van der Waals surface area contributed by atoms with Crippen LogP contribution in [0.4, 0.5) is 0 Å². The number of hydrogen-bond donors (Lipinski definition) is 1. The van der Waals surface area contributed by atoms with Gasteiger partial charge in [-0.05, 0) is 32.0 Å². The Hall–Kier alpha value is -1.55. The van der Waals surface area contributed by atoms with Crippen molar-refractivity contribution in [3.05, 3.63) is 41.1 Å². The van der Waals surface area contributed by atoms with Gasteiger partial charge in [-0.1, -0.05) is 6.92 Å². The van der Waals surface area contributed by atoms with E-state index in [2.05, 4.69) is 25.0 Å². The van der Waals surface area contributed by atoms with E-state index < -0.39 is 0 Å². The van der Waals surface area contributed by atoms with Crippen molar-refractivity contribution in [1.29, 1.82) is 0 Å². The molecule has 2 rings (SSSR count). The first-order chi connectivity index (χ1) is 8.63. The highest BCUT2D eigenvalue weighted by molar-refractivity contribution is 5.16. The van der Waals surface area contributed by atoms with Crippen LogP contribution in [0.3, 0.4) is 0 Å². The molecule has 0 amide bonds. The molecule has 0 saturated carbocycles. The molecule has 1 atom stereocenters. The van der Waals surface area contributed by atoms with Crippen LogP contribution in [0.5, 0.6) is 0 Å². The number of aryl methyl sites for hydroxylation is 3. The lowest BCUT2D eigenvalue weighted by atomic mass is 10.1. The largest absolute Gasteiger partial charge is 0.464 e. The average molecular weight is 247 g/mol. The Morgan fingerprint density at radius 2 is 2.17 bits per heavy atom. The molecule has 4 heteroatoms. The first-order valence-corrected chi connectivity index (χ1v) is 6.51. The molecule has 18 heavy (non-hydrogen) atoms. The summed E-state index contributed by atoms with van der Waals surface area (Å²) in [6.07, 6.45) is 1.66. The van der Waals surface area contributed by atoms with Gasteiger partial charge < -0.3 is 10.2 Å². The van der Waals surface area contributed by atoms with Gasteiger partial charge in [-0.25, -0.2) is 0 Å². The van der Waals surface area contributed by atoms with Gasteiger partial charge in [0.05, 0.1) is 11.7 Å². The van der Waals surface area contributed by atoms with E-state index in [9.17, 15) is 0 Å². The minimum atomic E-state index is -0.105. The predicted octanol–water partition coefficient (Wildman–Crippen LogP) is 2.61. The monoisotopic (exact) mass is 247 g/mol. The highest BCUT2D eigenvalue weighted by atomic mass is 16.3. The fraction of sp³-hybridized carbons (Fsp3) is 0.500. The summed E-state index contributed by atoms with van der Waals surface area (Å²) in [4.78, 5) is 0. The van der Waals surface area contributed by atoms with Crippen LogP contribution in [-0.2, 0) is 19.4 Å². The van der Waals surface area contributed by atoms with Gasteiger partial charge in [0.25, 0.3) is 0 Å². The van der Waals surface area contributed by atoms with Crippen LogP contribution in [0, 0.1) is 6.92 Å². The zero-order valence-electron chi connectivity index (χ0n) is 11.3. The topological polar surface area (TPSA) is 57.0 Å². The first kappa shape index (κ1) is 12.9. The molecule has 0 radical (unpaired) electrons. The Balaban J connectivity index is 2.12. The molecule has 2 N–H and O–H groups in total. The van der Waals surface area contributed by atoms with Crippen LogP contribution in [0.2, 0.25) is 0 Å². The zero-order chi connectivity index (χ0) is 13.1. The van der Waals surface area contributed by atoms with E-state index in [4.69, 9.17) is 10.2 Å². The third-order valence-corrected chi connectivity index (χ3v) is 3.11. The van der Waals surface area contributed by atoms with Crippen molar-refractivity contribution < 1.29 is 4.42 Å². The lowest BCUT2D eigenvalue weighted by Crippen LogP contribution is -2.15. The summed E-state index contributed by atoms with van der Waals surface area (Å²) in [5, 5.41) is 4.43. The number of hydrogen-bond acceptors (Lipinski definition) is 3. The van der Waals surface area contributed by atoms with Crippen LogP contribution in [0.15, 0.2) is 22.6 Å². The lowest BCUT2D eigenvalue weighted by Gasteiger charge is -2.10. The Labute approximate surface area is 108 Å². The van der Waals surface area contributed by atoms with Gasteiger partial charge in [0, 0.05) is 25.1 Å². The second-order valence-corrected chi connectivity index (χ2v) is 4.56. The minimum absolute atomic E-state index is 0.105. The number of rotatable bonds is 5.